The number of urea groups is 1. The summed E-state index contributed by atoms with van der Waals surface area (Å²) < 4.78 is 0.809. The van der Waals surface area contributed by atoms with E-state index in [4.69, 9.17) is 0 Å². The first-order chi connectivity index (χ1) is 12.2. The summed E-state index contributed by atoms with van der Waals surface area (Å²) in [5.41, 5.74) is 1.77. The molecule has 5 nitrogen and oxygen atoms in total. The van der Waals surface area contributed by atoms with Gasteiger partial charge in [0.05, 0.1) is 6.54 Å². The summed E-state index contributed by atoms with van der Waals surface area (Å²) in [7, 11) is 0. The number of amides is 3. The van der Waals surface area contributed by atoms with Gasteiger partial charge in [0, 0.05) is 10.0 Å². The van der Waals surface area contributed by atoms with E-state index in [1.165, 1.54) is 0 Å². The Balaban J connectivity index is 1.88. The highest BCUT2D eigenvalue weighted by Gasteiger charge is 2.49. The average Bonchev–Trinajstić information content (AvgIpc) is 2.81. The van der Waals surface area contributed by atoms with E-state index in [9.17, 15) is 14.4 Å². The minimum Gasteiger partial charge on any atom is -0.319 e. The summed E-state index contributed by atoms with van der Waals surface area (Å²) in [6, 6.07) is 12.2. The molecule has 1 fully saturated rings. The van der Waals surface area contributed by atoms with Gasteiger partial charge in [0.25, 0.3) is 5.91 Å². The van der Waals surface area contributed by atoms with Crippen LogP contribution in [-0.2, 0) is 10.3 Å². The average molecular weight is 415 g/mol. The molecule has 1 saturated heterocycles. The van der Waals surface area contributed by atoms with E-state index in [0.717, 1.165) is 20.5 Å². The Bertz CT molecular complexity index is 925. The van der Waals surface area contributed by atoms with E-state index >= 15 is 0 Å². The first kappa shape index (κ1) is 18.3. The molecule has 2 aromatic rings. The van der Waals surface area contributed by atoms with Crippen LogP contribution < -0.4 is 5.32 Å². The summed E-state index contributed by atoms with van der Waals surface area (Å²) in [4.78, 5) is 39.0. The smallest absolute Gasteiger partial charge is 0.319 e. The summed E-state index contributed by atoms with van der Waals surface area (Å²) in [5, 5.41) is 2.72. The van der Waals surface area contributed by atoms with Crippen molar-refractivity contribution in [2.45, 2.75) is 26.3 Å². The molecule has 0 bridgehead atoms. The van der Waals surface area contributed by atoms with Crippen LogP contribution in [0.3, 0.4) is 0 Å². The molecule has 1 aliphatic rings. The standard InChI is InChI=1S/C20H19BrN2O3/c1-12-7-8-13(2)16(9-12)17(24)11-23-18(25)20(3,22-19(23)26)14-5-4-6-15(21)10-14/h4-10H,11H2,1-3H3,(H,22,26). The number of hydrogen-bond donors (Lipinski definition) is 1. The number of nitrogens with zero attached hydrogens (tertiary/aromatic N) is 1. The molecule has 0 aromatic heterocycles. The zero-order valence-electron chi connectivity index (χ0n) is 14.8. The molecule has 1 atom stereocenters. The van der Waals surface area contributed by atoms with Gasteiger partial charge in [-0.05, 0) is 50.1 Å². The molecular weight excluding hydrogens is 396 g/mol. The minimum atomic E-state index is -1.19. The second-order valence-electron chi connectivity index (χ2n) is 6.70. The molecule has 0 spiro atoms. The van der Waals surface area contributed by atoms with Gasteiger partial charge >= 0.3 is 6.03 Å². The number of Topliss-reactive ketones (excluding diaryl/α,β-unsaturated/α-hetero) is 1. The van der Waals surface area contributed by atoms with Crippen molar-refractivity contribution in [1.29, 1.82) is 0 Å². The Labute approximate surface area is 160 Å². The van der Waals surface area contributed by atoms with Gasteiger partial charge in [-0.25, -0.2) is 4.79 Å². The van der Waals surface area contributed by atoms with Gasteiger partial charge in [0.2, 0.25) is 0 Å². The third-order valence-corrected chi connectivity index (χ3v) is 5.17. The van der Waals surface area contributed by atoms with E-state index in [2.05, 4.69) is 21.2 Å². The number of ketones is 1. The Morgan fingerprint density at radius 2 is 1.88 bits per heavy atom. The third kappa shape index (κ3) is 3.17. The number of benzene rings is 2. The summed E-state index contributed by atoms with van der Waals surface area (Å²) in [5.74, 6) is -0.688. The zero-order chi connectivity index (χ0) is 19.1. The third-order valence-electron chi connectivity index (χ3n) is 4.67. The fourth-order valence-electron chi connectivity index (χ4n) is 3.10. The number of carbonyl (C=O) groups is 3. The van der Waals surface area contributed by atoms with Crippen LogP contribution in [0.4, 0.5) is 4.79 Å². The number of aryl methyl sites for hydroxylation is 2. The molecule has 134 valence electrons. The fourth-order valence-corrected chi connectivity index (χ4v) is 3.50. The molecule has 26 heavy (non-hydrogen) atoms. The van der Waals surface area contributed by atoms with Crippen LogP contribution in [-0.4, -0.2) is 29.2 Å². The lowest BCUT2D eigenvalue weighted by molar-refractivity contribution is -0.130. The minimum absolute atomic E-state index is 0.256. The van der Waals surface area contributed by atoms with E-state index < -0.39 is 17.5 Å². The van der Waals surface area contributed by atoms with Gasteiger partial charge in [-0.3, -0.25) is 14.5 Å². The molecule has 2 aromatic carbocycles. The lowest BCUT2D eigenvalue weighted by atomic mass is 9.92. The molecule has 0 saturated carbocycles. The van der Waals surface area contributed by atoms with Crippen molar-refractivity contribution in [2.24, 2.45) is 0 Å². The Hall–Kier alpha value is -2.47. The van der Waals surface area contributed by atoms with Crippen molar-refractivity contribution >= 4 is 33.7 Å². The highest BCUT2D eigenvalue weighted by molar-refractivity contribution is 9.10. The highest BCUT2D eigenvalue weighted by atomic mass is 79.9. The largest absolute Gasteiger partial charge is 0.325 e. The van der Waals surface area contributed by atoms with Crippen LogP contribution in [0.1, 0.15) is 34.0 Å². The number of halogens is 1. The molecule has 3 rings (SSSR count). The number of imide groups is 1. The van der Waals surface area contributed by atoms with Gasteiger partial charge in [-0.15, -0.1) is 0 Å². The van der Waals surface area contributed by atoms with Crippen LogP contribution in [0.5, 0.6) is 0 Å². The monoisotopic (exact) mass is 414 g/mol. The maximum atomic E-state index is 12.9. The van der Waals surface area contributed by atoms with Crippen LogP contribution in [0.15, 0.2) is 46.9 Å². The number of hydrogen-bond acceptors (Lipinski definition) is 3. The van der Waals surface area contributed by atoms with Crippen molar-refractivity contribution in [3.8, 4) is 0 Å². The predicted octanol–water partition coefficient (Wildman–Crippen LogP) is 3.72. The summed E-state index contributed by atoms with van der Waals surface area (Å²) in [6.45, 7) is 5.11. The number of rotatable bonds is 4. The second kappa shape index (κ2) is 6.68. The molecule has 1 unspecified atom stereocenters. The van der Waals surface area contributed by atoms with Crippen LogP contribution in [0, 0.1) is 13.8 Å². The first-order valence-corrected chi connectivity index (χ1v) is 9.02. The highest BCUT2D eigenvalue weighted by Crippen LogP contribution is 2.30. The molecular formula is C20H19BrN2O3. The Morgan fingerprint density at radius 3 is 2.58 bits per heavy atom. The normalized spacial score (nSPS) is 19.6. The van der Waals surface area contributed by atoms with Crippen molar-refractivity contribution in [2.75, 3.05) is 6.54 Å². The fraction of sp³-hybridized carbons (Fsp3) is 0.250. The van der Waals surface area contributed by atoms with Gasteiger partial charge in [0.1, 0.15) is 5.54 Å². The quantitative estimate of drug-likeness (QED) is 0.612. The Kier molecular flexibility index (Phi) is 4.71. The molecule has 0 radical (unpaired) electrons. The van der Waals surface area contributed by atoms with Crippen LogP contribution in [0.2, 0.25) is 0 Å². The molecule has 1 aliphatic heterocycles. The van der Waals surface area contributed by atoms with Gasteiger partial charge in [0.15, 0.2) is 5.78 Å². The summed E-state index contributed by atoms with van der Waals surface area (Å²) >= 11 is 3.38. The van der Waals surface area contributed by atoms with E-state index in [1.54, 1.807) is 31.2 Å². The number of nitrogens with one attached hydrogen (secondary N) is 1. The SMILES string of the molecule is Cc1ccc(C)c(C(=O)CN2C(=O)NC(C)(c3cccc(Br)c3)C2=O)c1. The van der Waals surface area contributed by atoms with E-state index in [1.807, 2.05) is 32.0 Å². The van der Waals surface area contributed by atoms with Crippen LogP contribution in [0.25, 0.3) is 0 Å². The molecule has 1 N–H and O–H groups in total. The van der Waals surface area contributed by atoms with Gasteiger partial charge in [-0.1, -0.05) is 45.8 Å². The molecule has 6 heteroatoms. The maximum absolute atomic E-state index is 12.9. The molecule has 0 aliphatic carbocycles. The van der Waals surface area contributed by atoms with Crippen molar-refractivity contribution in [3.63, 3.8) is 0 Å². The maximum Gasteiger partial charge on any atom is 0.325 e. The van der Waals surface area contributed by atoms with Crippen LogP contribution >= 0.6 is 15.9 Å². The molecule has 3 amide bonds. The van der Waals surface area contributed by atoms with E-state index in [0.29, 0.717) is 11.1 Å². The Morgan fingerprint density at radius 1 is 1.15 bits per heavy atom. The van der Waals surface area contributed by atoms with Crippen molar-refractivity contribution < 1.29 is 14.4 Å². The zero-order valence-corrected chi connectivity index (χ0v) is 16.4. The van der Waals surface area contributed by atoms with Crippen molar-refractivity contribution in [1.82, 2.24) is 10.2 Å². The topological polar surface area (TPSA) is 66.5 Å². The second-order valence-corrected chi connectivity index (χ2v) is 7.61. The lowest BCUT2D eigenvalue weighted by Gasteiger charge is -2.22. The first-order valence-electron chi connectivity index (χ1n) is 8.23. The number of carbonyl (C=O) groups excluding carboxylic acids is 3. The summed E-state index contributed by atoms with van der Waals surface area (Å²) in [6.07, 6.45) is 0. The van der Waals surface area contributed by atoms with Gasteiger partial charge < -0.3 is 5.32 Å². The van der Waals surface area contributed by atoms with E-state index in [-0.39, 0.29) is 12.3 Å². The lowest BCUT2D eigenvalue weighted by Crippen LogP contribution is -2.41. The molecule has 1 heterocycles. The van der Waals surface area contributed by atoms with Crippen molar-refractivity contribution in [3.05, 3.63) is 69.2 Å². The predicted molar refractivity (Wildman–Crippen MR) is 102 cm³/mol. The van der Waals surface area contributed by atoms with Gasteiger partial charge in [-0.2, -0.15) is 0 Å².